The van der Waals surface area contributed by atoms with Gasteiger partial charge in [-0.2, -0.15) is 0 Å². The number of carbonyl (C=O) groups is 1. The molecule has 1 unspecified atom stereocenters. The molecule has 0 spiro atoms. The zero-order chi connectivity index (χ0) is 27.2. The number of hydrogen-bond acceptors (Lipinski definition) is 6. The van der Waals surface area contributed by atoms with E-state index in [4.69, 9.17) is 37.9 Å². The maximum absolute atomic E-state index is 13.1. The summed E-state index contributed by atoms with van der Waals surface area (Å²) in [5.41, 5.74) is 3.56. The van der Waals surface area contributed by atoms with Crippen molar-refractivity contribution in [2.45, 2.75) is 51.3 Å². The van der Waals surface area contributed by atoms with Crippen LogP contribution in [0.5, 0.6) is 0 Å². The molecular formula is C27H30Cl2FN5O3. The molecule has 4 rings (SSSR count). The van der Waals surface area contributed by atoms with E-state index in [2.05, 4.69) is 10.3 Å². The monoisotopic (exact) mass is 561 g/mol. The highest BCUT2D eigenvalue weighted by Gasteiger charge is 2.45. The molecule has 202 valence electrons. The van der Waals surface area contributed by atoms with Gasteiger partial charge in [-0.3, -0.25) is 4.98 Å². The Morgan fingerprint density at radius 1 is 1.18 bits per heavy atom. The van der Waals surface area contributed by atoms with Gasteiger partial charge in [0, 0.05) is 28.9 Å². The topological polar surface area (TPSA) is 100 Å². The minimum absolute atomic E-state index is 0.0957. The number of halogens is 3. The second-order valence-electron chi connectivity index (χ2n) is 8.94. The summed E-state index contributed by atoms with van der Waals surface area (Å²) in [6, 6.07) is 9.75. The van der Waals surface area contributed by atoms with Gasteiger partial charge in [0.25, 0.3) is 0 Å². The maximum Gasteiger partial charge on any atom is 0.407 e. The van der Waals surface area contributed by atoms with E-state index in [0.29, 0.717) is 46.5 Å². The Labute approximate surface area is 231 Å². The summed E-state index contributed by atoms with van der Waals surface area (Å²) >= 11 is 12.6. The highest BCUT2D eigenvalue weighted by atomic mass is 35.5. The molecule has 1 amide bonds. The van der Waals surface area contributed by atoms with E-state index in [1.807, 2.05) is 32.0 Å². The number of nitrogens with one attached hydrogen (secondary N) is 1. The first-order valence-electron chi connectivity index (χ1n) is 12.5. The summed E-state index contributed by atoms with van der Waals surface area (Å²) in [6.45, 7) is 3.24. The summed E-state index contributed by atoms with van der Waals surface area (Å²) in [5, 5.41) is 14.4. The number of amides is 1. The summed E-state index contributed by atoms with van der Waals surface area (Å²) in [6.07, 6.45) is 1.52. The molecule has 1 aliphatic heterocycles. The Balaban J connectivity index is 1.74. The second-order valence-corrected chi connectivity index (χ2v) is 9.78. The van der Waals surface area contributed by atoms with E-state index in [0.717, 1.165) is 17.0 Å². The number of benzene rings is 1. The van der Waals surface area contributed by atoms with Crippen LogP contribution < -0.4 is 5.32 Å². The van der Waals surface area contributed by atoms with Crippen LogP contribution in [-0.2, 0) is 24.0 Å². The molecule has 2 N–H and O–H groups in total. The predicted molar refractivity (Wildman–Crippen MR) is 146 cm³/mol. The Kier molecular flexibility index (Phi) is 9.35. The Hall–Kier alpha value is -3.01. The van der Waals surface area contributed by atoms with E-state index in [-0.39, 0.29) is 13.2 Å². The third-order valence-corrected chi connectivity index (χ3v) is 7.14. The number of likely N-dealkylation sites (tertiary alicyclic amines) is 1. The number of ether oxygens (including phenoxy) is 1. The van der Waals surface area contributed by atoms with Gasteiger partial charge in [0.1, 0.15) is 12.5 Å². The molecule has 38 heavy (non-hydrogen) atoms. The molecule has 3 aromatic rings. The van der Waals surface area contributed by atoms with Crippen molar-refractivity contribution in [3.05, 3.63) is 69.7 Å². The number of anilines is 1. The third-order valence-electron chi connectivity index (χ3n) is 6.59. The molecule has 2 aromatic heterocycles. The lowest BCUT2D eigenvalue weighted by Gasteiger charge is -2.28. The minimum Gasteiger partial charge on any atom is -0.465 e. The van der Waals surface area contributed by atoms with Crippen molar-refractivity contribution in [2.24, 2.45) is 0 Å². The first kappa shape index (κ1) is 28.0. The van der Waals surface area contributed by atoms with Gasteiger partial charge in [-0.25, -0.2) is 19.2 Å². The van der Waals surface area contributed by atoms with Gasteiger partial charge < -0.3 is 20.1 Å². The molecule has 0 bridgehead atoms. The molecule has 1 aliphatic rings. The summed E-state index contributed by atoms with van der Waals surface area (Å²) < 4.78 is 18.8. The fourth-order valence-corrected chi connectivity index (χ4v) is 5.28. The van der Waals surface area contributed by atoms with Crippen molar-refractivity contribution in [1.82, 2.24) is 19.9 Å². The number of hydrogen-bond donors (Lipinski definition) is 2. The number of rotatable bonds is 10. The second kappa shape index (κ2) is 12.7. The van der Waals surface area contributed by atoms with Gasteiger partial charge in [0.15, 0.2) is 0 Å². The molecule has 3 atom stereocenters. The van der Waals surface area contributed by atoms with Crippen LogP contribution in [-0.4, -0.2) is 69.1 Å². The predicted octanol–water partition coefficient (Wildman–Crippen LogP) is 5.71. The maximum atomic E-state index is 13.1. The van der Waals surface area contributed by atoms with Gasteiger partial charge >= 0.3 is 6.09 Å². The molecule has 0 radical (unpaired) electrons. The van der Waals surface area contributed by atoms with Crippen molar-refractivity contribution in [2.75, 3.05) is 25.1 Å². The molecule has 1 saturated heterocycles. The van der Waals surface area contributed by atoms with Gasteiger partial charge in [-0.15, -0.1) is 0 Å². The summed E-state index contributed by atoms with van der Waals surface area (Å²) in [7, 11) is 0. The van der Waals surface area contributed by atoms with Crippen LogP contribution in [0.1, 0.15) is 30.9 Å². The molecule has 0 aliphatic carbocycles. The van der Waals surface area contributed by atoms with E-state index in [1.54, 1.807) is 24.4 Å². The molecule has 8 nitrogen and oxygen atoms in total. The van der Waals surface area contributed by atoms with Crippen molar-refractivity contribution < 1.29 is 19.0 Å². The van der Waals surface area contributed by atoms with Crippen LogP contribution in [0.2, 0.25) is 10.0 Å². The third kappa shape index (κ3) is 6.17. The van der Waals surface area contributed by atoms with Crippen molar-refractivity contribution in [3.63, 3.8) is 0 Å². The quantitative estimate of drug-likeness (QED) is 0.327. The Morgan fingerprint density at radius 2 is 1.97 bits per heavy atom. The molecular weight excluding hydrogens is 532 g/mol. The van der Waals surface area contributed by atoms with Gasteiger partial charge in [0.05, 0.1) is 53.4 Å². The van der Waals surface area contributed by atoms with Crippen LogP contribution in [0, 0.1) is 0 Å². The standard InChI is InChI=1S/C27H30Cl2FN5O3/c1-3-20-24(18-9-8-16(28)13-19(18)29)32-21(4-2)26(33-20)34-25-22(14-17-7-5-6-11-31-17)35(27(36)37)15-23(25)38-12-10-30/h5-9,11,13,22-23,25H,3-4,10,12,14-15H2,1-2H3,(H,33,34)(H,36,37)/t22?,23-,25+/m0/s1. The average molecular weight is 562 g/mol. The van der Waals surface area contributed by atoms with E-state index < -0.39 is 31.0 Å². The van der Waals surface area contributed by atoms with Gasteiger partial charge in [-0.05, 0) is 43.2 Å². The van der Waals surface area contributed by atoms with Crippen LogP contribution in [0.25, 0.3) is 11.3 Å². The van der Waals surface area contributed by atoms with Crippen LogP contribution in [0.3, 0.4) is 0 Å². The van der Waals surface area contributed by atoms with E-state index in [9.17, 15) is 14.3 Å². The minimum atomic E-state index is -1.08. The SMILES string of the molecule is CCc1nc(-c2ccc(Cl)cc2Cl)c(CC)nc1N[C@@H]1C(Cc2ccccn2)N(C(=O)O)C[C@@H]1OCCF. The van der Waals surface area contributed by atoms with Gasteiger partial charge in [0.2, 0.25) is 0 Å². The lowest BCUT2D eigenvalue weighted by atomic mass is 10.0. The van der Waals surface area contributed by atoms with Crippen molar-refractivity contribution in [3.8, 4) is 11.3 Å². The van der Waals surface area contributed by atoms with E-state index in [1.165, 1.54) is 4.90 Å². The first-order chi connectivity index (χ1) is 18.4. The number of carboxylic acid groups (broad SMARTS) is 1. The van der Waals surface area contributed by atoms with Crippen molar-refractivity contribution >= 4 is 35.1 Å². The molecule has 3 heterocycles. The van der Waals surface area contributed by atoms with Crippen molar-refractivity contribution in [1.29, 1.82) is 0 Å². The van der Waals surface area contributed by atoms with Gasteiger partial charge in [-0.1, -0.05) is 43.1 Å². The molecule has 1 fully saturated rings. The highest BCUT2D eigenvalue weighted by Crippen LogP contribution is 2.34. The van der Waals surface area contributed by atoms with Crippen LogP contribution in [0.15, 0.2) is 42.6 Å². The zero-order valence-electron chi connectivity index (χ0n) is 21.2. The zero-order valence-corrected chi connectivity index (χ0v) is 22.7. The number of pyridine rings is 1. The molecule has 11 heteroatoms. The average Bonchev–Trinajstić information content (AvgIpc) is 3.24. The summed E-state index contributed by atoms with van der Waals surface area (Å²) in [4.78, 5) is 27.8. The van der Waals surface area contributed by atoms with E-state index >= 15 is 0 Å². The fourth-order valence-electron chi connectivity index (χ4n) is 4.78. The largest absolute Gasteiger partial charge is 0.465 e. The number of aryl methyl sites for hydroxylation is 2. The summed E-state index contributed by atoms with van der Waals surface area (Å²) in [5.74, 6) is 0.537. The van der Waals surface area contributed by atoms with Crippen LogP contribution in [0.4, 0.5) is 15.0 Å². The molecule has 0 saturated carbocycles. The Bertz CT molecular complexity index is 1270. The number of alkyl halides is 1. The molecule has 1 aromatic carbocycles. The first-order valence-corrected chi connectivity index (χ1v) is 13.3. The fraction of sp³-hybridized carbons (Fsp3) is 0.407. The smallest absolute Gasteiger partial charge is 0.407 e. The normalized spacial score (nSPS) is 19.1. The lowest BCUT2D eigenvalue weighted by molar-refractivity contribution is 0.0450. The highest BCUT2D eigenvalue weighted by molar-refractivity contribution is 6.36. The number of aromatic nitrogens is 3. The number of nitrogens with zero attached hydrogens (tertiary/aromatic N) is 4. The Morgan fingerprint density at radius 3 is 2.61 bits per heavy atom. The lowest BCUT2D eigenvalue weighted by Crippen LogP contribution is -2.45. The van der Waals surface area contributed by atoms with Crippen LogP contribution >= 0.6 is 23.2 Å².